The number of primary amides is 1. The highest BCUT2D eigenvalue weighted by Crippen LogP contribution is 2.31. The van der Waals surface area contributed by atoms with E-state index in [1.54, 1.807) is 6.07 Å². The molecule has 0 unspecified atom stereocenters. The fourth-order valence-electron chi connectivity index (χ4n) is 4.55. The summed E-state index contributed by atoms with van der Waals surface area (Å²) in [5.41, 5.74) is 8.37. The maximum absolute atomic E-state index is 11.9. The van der Waals surface area contributed by atoms with Crippen LogP contribution in [0, 0.1) is 5.92 Å². The summed E-state index contributed by atoms with van der Waals surface area (Å²) in [5, 5.41) is 0.793. The van der Waals surface area contributed by atoms with Crippen LogP contribution >= 0.6 is 23.4 Å². The number of ether oxygens (including phenoxy) is 1. The Labute approximate surface area is 240 Å². The molecule has 2 rings (SSSR count). The van der Waals surface area contributed by atoms with E-state index < -0.39 is 5.91 Å². The van der Waals surface area contributed by atoms with Gasteiger partial charge in [-0.2, -0.15) is 11.8 Å². The number of carbonyl (C=O) groups is 1. The van der Waals surface area contributed by atoms with Gasteiger partial charge in [-0.1, -0.05) is 49.2 Å². The largest absolute Gasteiger partial charge is 0.491 e. The minimum atomic E-state index is -0.409. The van der Waals surface area contributed by atoms with Gasteiger partial charge in [0.1, 0.15) is 5.75 Å². The van der Waals surface area contributed by atoms with Crippen LogP contribution < -0.4 is 15.4 Å². The van der Waals surface area contributed by atoms with Crippen molar-refractivity contribution in [2.45, 2.75) is 71.6 Å². The summed E-state index contributed by atoms with van der Waals surface area (Å²) in [6.45, 7) is 6.85. The summed E-state index contributed by atoms with van der Waals surface area (Å²) in [6, 6.07) is 13.6. The summed E-state index contributed by atoms with van der Waals surface area (Å²) >= 11 is 8.00. The van der Waals surface area contributed by atoms with E-state index in [-0.39, 0.29) is 0 Å². The summed E-state index contributed by atoms with van der Waals surface area (Å²) in [6.07, 6.45) is 16.8. The maximum atomic E-state index is 11.9. The third-order valence-corrected chi connectivity index (χ3v) is 7.89. The number of unbranched alkanes of at least 4 members (excludes halogenated alkanes) is 3. The van der Waals surface area contributed by atoms with Crippen molar-refractivity contribution in [3.63, 3.8) is 0 Å². The zero-order chi connectivity index (χ0) is 27.6. The molecule has 0 spiro atoms. The van der Waals surface area contributed by atoms with Crippen molar-refractivity contribution in [1.29, 1.82) is 0 Å². The molecular formula is C32H47ClN2O2S. The van der Waals surface area contributed by atoms with Crippen molar-refractivity contribution in [1.82, 2.24) is 0 Å². The second-order valence-electron chi connectivity index (χ2n) is 9.82. The number of amides is 1. The molecule has 0 bridgehead atoms. The number of halogens is 1. The quantitative estimate of drug-likeness (QED) is 0.131. The molecule has 0 aliphatic rings. The number of allylic oxidation sites excluding steroid dienone is 2. The highest BCUT2D eigenvalue weighted by atomic mass is 35.5. The molecule has 1 atom stereocenters. The standard InChI is InChI=1S/C32H47ClN2O2S/c1-4-26(14-9-6-7-12-23-38-3)20-21-35(5-2)30-25-28(32(34)36)18-19-31(30)37-22-11-8-10-15-27-16-13-17-29(33)24-27/h6,9,13,16-19,24-26H,4-5,7-8,10-12,14-15,20-23H2,1-3H3,(H2,34,36)/b9-6+/t26-/m0/s1. The number of hydrogen-bond acceptors (Lipinski definition) is 4. The highest BCUT2D eigenvalue weighted by Gasteiger charge is 2.16. The lowest BCUT2D eigenvalue weighted by molar-refractivity contribution is 0.1000. The SMILES string of the molecule is CC[C@@H](C/C=C/CCCSC)CCN(CC)c1cc(C(N)=O)ccc1OCCCCCc1cccc(Cl)c1. The molecule has 0 aliphatic heterocycles. The van der Waals surface area contributed by atoms with Gasteiger partial charge in [-0.15, -0.1) is 0 Å². The molecule has 0 aliphatic carbocycles. The van der Waals surface area contributed by atoms with Crippen LogP contribution in [0.5, 0.6) is 5.75 Å². The minimum absolute atomic E-state index is 0.409. The highest BCUT2D eigenvalue weighted by molar-refractivity contribution is 7.98. The zero-order valence-corrected chi connectivity index (χ0v) is 25.2. The Kier molecular flexibility index (Phi) is 16.1. The lowest BCUT2D eigenvalue weighted by Gasteiger charge is -2.27. The molecular weight excluding hydrogens is 512 g/mol. The van der Waals surface area contributed by atoms with E-state index in [0.29, 0.717) is 18.1 Å². The van der Waals surface area contributed by atoms with Crippen LogP contribution in [0.1, 0.15) is 81.1 Å². The third kappa shape index (κ3) is 12.2. The van der Waals surface area contributed by atoms with Gasteiger partial charge >= 0.3 is 0 Å². The second kappa shape index (κ2) is 19.0. The van der Waals surface area contributed by atoms with Gasteiger partial charge in [-0.25, -0.2) is 0 Å². The van der Waals surface area contributed by atoms with Gasteiger partial charge in [-0.05, 0) is 112 Å². The van der Waals surface area contributed by atoms with Crippen LogP contribution in [0.3, 0.4) is 0 Å². The average molecular weight is 559 g/mol. The summed E-state index contributed by atoms with van der Waals surface area (Å²) in [4.78, 5) is 14.2. The van der Waals surface area contributed by atoms with Gasteiger partial charge in [0.25, 0.3) is 0 Å². The number of aryl methyl sites for hydroxylation is 1. The van der Waals surface area contributed by atoms with Crippen molar-refractivity contribution in [2.24, 2.45) is 11.7 Å². The first-order chi connectivity index (χ1) is 18.5. The van der Waals surface area contributed by atoms with Gasteiger partial charge < -0.3 is 15.4 Å². The van der Waals surface area contributed by atoms with Crippen LogP contribution in [-0.2, 0) is 6.42 Å². The molecule has 0 saturated carbocycles. The van der Waals surface area contributed by atoms with E-state index in [2.05, 4.69) is 43.2 Å². The fourth-order valence-corrected chi connectivity index (χ4v) is 5.22. The number of benzene rings is 2. The molecule has 2 aromatic rings. The normalized spacial score (nSPS) is 12.1. The number of nitrogens with zero attached hydrogens (tertiary/aromatic N) is 1. The first kappa shape index (κ1) is 32.1. The van der Waals surface area contributed by atoms with Crippen LogP contribution in [-0.4, -0.2) is 37.6 Å². The van der Waals surface area contributed by atoms with E-state index in [1.807, 2.05) is 42.1 Å². The van der Waals surface area contributed by atoms with E-state index >= 15 is 0 Å². The Balaban J connectivity index is 1.92. The van der Waals surface area contributed by atoms with E-state index in [9.17, 15) is 4.79 Å². The summed E-state index contributed by atoms with van der Waals surface area (Å²) < 4.78 is 6.24. The Morgan fingerprint density at radius 3 is 2.66 bits per heavy atom. The van der Waals surface area contributed by atoms with Crippen LogP contribution in [0.15, 0.2) is 54.6 Å². The van der Waals surface area contributed by atoms with Crippen molar-refractivity contribution in [3.8, 4) is 5.75 Å². The molecule has 4 nitrogen and oxygen atoms in total. The van der Waals surface area contributed by atoms with Gasteiger partial charge in [0.15, 0.2) is 0 Å². The number of hydrogen-bond donors (Lipinski definition) is 1. The molecule has 2 aromatic carbocycles. The van der Waals surface area contributed by atoms with Crippen LogP contribution in [0.4, 0.5) is 5.69 Å². The van der Waals surface area contributed by atoms with Crippen molar-refractivity contribution < 1.29 is 9.53 Å². The number of nitrogens with two attached hydrogens (primary N) is 1. The zero-order valence-electron chi connectivity index (χ0n) is 23.6. The Morgan fingerprint density at radius 2 is 1.95 bits per heavy atom. The lowest BCUT2D eigenvalue weighted by Crippen LogP contribution is -2.27. The van der Waals surface area contributed by atoms with E-state index in [1.165, 1.54) is 24.2 Å². The molecule has 0 heterocycles. The van der Waals surface area contributed by atoms with Gasteiger partial charge in [0.2, 0.25) is 5.91 Å². The Bertz CT molecular complexity index is 982. The van der Waals surface area contributed by atoms with Crippen LogP contribution in [0.2, 0.25) is 5.02 Å². The summed E-state index contributed by atoms with van der Waals surface area (Å²) in [7, 11) is 0. The number of rotatable bonds is 20. The Morgan fingerprint density at radius 1 is 1.11 bits per heavy atom. The Hall–Kier alpha value is -2.11. The van der Waals surface area contributed by atoms with E-state index in [0.717, 1.165) is 74.5 Å². The number of anilines is 1. The molecule has 1 amide bonds. The number of thioether (sulfide) groups is 1. The second-order valence-corrected chi connectivity index (χ2v) is 11.2. The average Bonchev–Trinajstić information content (AvgIpc) is 2.92. The van der Waals surface area contributed by atoms with Gasteiger partial charge in [0, 0.05) is 23.7 Å². The molecule has 210 valence electrons. The topological polar surface area (TPSA) is 55.6 Å². The molecule has 0 saturated heterocycles. The molecule has 2 N–H and O–H groups in total. The first-order valence-corrected chi connectivity index (χ1v) is 16.0. The molecule has 0 radical (unpaired) electrons. The first-order valence-electron chi connectivity index (χ1n) is 14.2. The smallest absolute Gasteiger partial charge is 0.248 e. The molecule has 0 aromatic heterocycles. The third-order valence-electron chi connectivity index (χ3n) is 6.96. The molecule has 6 heteroatoms. The van der Waals surface area contributed by atoms with Crippen molar-refractivity contribution in [3.05, 3.63) is 70.8 Å². The summed E-state index contributed by atoms with van der Waals surface area (Å²) in [5.74, 6) is 2.29. The monoisotopic (exact) mass is 558 g/mol. The predicted octanol–water partition coefficient (Wildman–Crippen LogP) is 8.56. The van der Waals surface area contributed by atoms with Crippen molar-refractivity contribution in [2.75, 3.05) is 36.6 Å². The lowest BCUT2D eigenvalue weighted by atomic mass is 9.97. The predicted molar refractivity (Wildman–Crippen MR) is 167 cm³/mol. The van der Waals surface area contributed by atoms with Crippen molar-refractivity contribution >= 4 is 35.0 Å². The van der Waals surface area contributed by atoms with Gasteiger partial charge in [0.05, 0.1) is 12.3 Å². The fraction of sp³-hybridized carbons (Fsp3) is 0.531. The molecule has 38 heavy (non-hydrogen) atoms. The minimum Gasteiger partial charge on any atom is -0.491 e. The van der Waals surface area contributed by atoms with Gasteiger partial charge in [-0.3, -0.25) is 4.79 Å². The van der Waals surface area contributed by atoms with E-state index in [4.69, 9.17) is 22.1 Å². The molecule has 0 fully saturated rings. The maximum Gasteiger partial charge on any atom is 0.248 e. The number of carbonyl (C=O) groups excluding carboxylic acids is 1. The van der Waals surface area contributed by atoms with Crippen LogP contribution in [0.25, 0.3) is 0 Å².